The number of nitrogens with zero attached hydrogens (tertiary/aromatic N) is 2. The summed E-state index contributed by atoms with van der Waals surface area (Å²) in [5.41, 5.74) is 0. The van der Waals surface area contributed by atoms with Crippen LogP contribution in [0, 0.1) is 5.92 Å². The summed E-state index contributed by atoms with van der Waals surface area (Å²) in [6.07, 6.45) is 3.32. The molecule has 0 radical (unpaired) electrons. The van der Waals surface area contributed by atoms with Crippen molar-refractivity contribution < 1.29 is 9.59 Å². The van der Waals surface area contributed by atoms with Crippen molar-refractivity contribution in [2.75, 3.05) is 11.9 Å². The zero-order valence-corrected chi connectivity index (χ0v) is 7.93. The second-order valence-electron chi connectivity index (χ2n) is 3.27. The van der Waals surface area contributed by atoms with Gasteiger partial charge in [-0.15, -0.1) is 0 Å². The Morgan fingerprint density at radius 2 is 2.20 bits per heavy atom. The summed E-state index contributed by atoms with van der Waals surface area (Å²) in [5, 5.41) is 5.15. The molecule has 1 unspecified atom stereocenters. The van der Waals surface area contributed by atoms with Gasteiger partial charge in [0, 0.05) is 25.4 Å². The van der Waals surface area contributed by atoms with Crippen molar-refractivity contribution in [3.63, 3.8) is 0 Å². The molecule has 0 aliphatic carbocycles. The summed E-state index contributed by atoms with van der Waals surface area (Å²) in [4.78, 5) is 30.2. The molecule has 0 bridgehead atoms. The van der Waals surface area contributed by atoms with Gasteiger partial charge in [-0.05, 0) is 6.07 Å². The Kier molecular flexibility index (Phi) is 2.57. The zero-order chi connectivity index (χ0) is 10.7. The Labute approximate surface area is 86.1 Å². The second-order valence-corrected chi connectivity index (χ2v) is 3.27. The molecule has 1 saturated heterocycles. The average molecular weight is 206 g/mol. The minimum Gasteiger partial charge on any atom is -0.355 e. The predicted molar refractivity (Wildman–Crippen MR) is 51.8 cm³/mol. The Morgan fingerprint density at radius 3 is 2.80 bits per heavy atom. The topological polar surface area (TPSA) is 84.0 Å². The number of rotatable bonds is 2. The van der Waals surface area contributed by atoms with Crippen molar-refractivity contribution in [2.24, 2.45) is 5.92 Å². The molecule has 0 aromatic carbocycles. The third kappa shape index (κ3) is 2.28. The highest BCUT2D eigenvalue weighted by atomic mass is 16.2. The van der Waals surface area contributed by atoms with Crippen molar-refractivity contribution in [1.29, 1.82) is 0 Å². The molecular weight excluding hydrogens is 196 g/mol. The molecule has 6 heteroatoms. The predicted octanol–water partition coefficient (Wildman–Crippen LogP) is -0.449. The molecule has 2 rings (SSSR count). The van der Waals surface area contributed by atoms with E-state index in [1.165, 1.54) is 0 Å². The van der Waals surface area contributed by atoms with Crippen molar-refractivity contribution in [1.82, 2.24) is 15.3 Å². The standard InChI is InChI=1S/C9H10N4O2/c14-7-4-6(5-12-7)8(15)13-9-10-2-1-3-11-9/h1-3,6H,4-5H2,(H,12,14)(H,10,11,13,15). The van der Waals surface area contributed by atoms with E-state index in [9.17, 15) is 9.59 Å². The van der Waals surface area contributed by atoms with Gasteiger partial charge < -0.3 is 5.32 Å². The maximum atomic E-state index is 11.6. The molecule has 15 heavy (non-hydrogen) atoms. The van der Waals surface area contributed by atoms with Crippen LogP contribution in [0.15, 0.2) is 18.5 Å². The molecule has 78 valence electrons. The number of hydrogen-bond donors (Lipinski definition) is 2. The number of hydrogen-bond acceptors (Lipinski definition) is 4. The van der Waals surface area contributed by atoms with E-state index in [0.29, 0.717) is 6.54 Å². The van der Waals surface area contributed by atoms with E-state index >= 15 is 0 Å². The van der Waals surface area contributed by atoms with Crippen molar-refractivity contribution in [3.05, 3.63) is 18.5 Å². The van der Waals surface area contributed by atoms with Crippen molar-refractivity contribution in [3.8, 4) is 0 Å². The van der Waals surface area contributed by atoms with Crippen molar-refractivity contribution in [2.45, 2.75) is 6.42 Å². The SMILES string of the molecule is O=C1CC(C(=O)Nc2ncccn2)CN1. The van der Waals surface area contributed by atoms with Gasteiger partial charge in [-0.2, -0.15) is 0 Å². The maximum Gasteiger partial charge on any atom is 0.232 e. The lowest BCUT2D eigenvalue weighted by Crippen LogP contribution is -2.25. The highest BCUT2D eigenvalue weighted by Gasteiger charge is 2.28. The largest absolute Gasteiger partial charge is 0.355 e. The fourth-order valence-electron chi connectivity index (χ4n) is 1.37. The first kappa shape index (κ1) is 9.57. The second kappa shape index (κ2) is 4.04. The fourth-order valence-corrected chi connectivity index (χ4v) is 1.37. The molecule has 1 aromatic heterocycles. The van der Waals surface area contributed by atoms with Crippen LogP contribution in [-0.2, 0) is 9.59 Å². The molecule has 1 fully saturated rings. The van der Waals surface area contributed by atoms with Gasteiger partial charge in [-0.1, -0.05) is 0 Å². The summed E-state index contributed by atoms with van der Waals surface area (Å²) in [7, 11) is 0. The zero-order valence-electron chi connectivity index (χ0n) is 7.93. The van der Waals surface area contributed by atoms with Crippen LogP contribution in [0.25, 0.3) is 0 Å². The third-order valence-corrected chi connectivity index (χ3v) is 2.15. The summed E-state index contributed by atoms with van der Waals surface area (Å²) in [6.45, 7) is 0.386. The summed E-state index contributed by atoms with van der Waals surface area (Å²) in [6, 6.07) is 1.66. The van der Waals surface area contributed by atoms with E-state index in [-0.39, 0.29) is 30.1 Å². The molecule has 0 saturated carbocycles. The highest BCUT2D eigenvalue weighted by Crippen LogP contribution is 2.10. The van der Waals surface area contributed by atoms with E-state index in [0.717, 1.165) is 0 Å². The Hall–Kier alpha value is -1.98. The minimum atomic E-state index is -0.318. The summed E-state index contributed by atoms with van der Waals surface area (Å²) < 4.78 is 0. The Balaban J connectivity index is 1.96. The summed E-state index contributed by atoms with van der Waals surface area (Å²) in [5.74, 6) is -0.369. The molecule has 0 spiro atoms. The van der Waals surface area contributed by atoms with Crippen LogP contribution >= 0.6 is 0 Å². The lowest BCUT2D eigenvalue weighted by Gasteiger charge is -2.06. The van der Waals surface area contributed by atoms with Crippen LogP contribution in [0.1, 0.15) is 6.42 Å². The van der Waals surface area contributed by atoms with Gasteiger partial charge in [0.25, 0.3) is 0 Å². The van der Waals surface area contributed by atoms with Gasteiger partial charge in [0.05, 0.1) is 5.92 Å². The first-order chi connectivity index (χ1) is 7.25. The molecule has 2 amide bonds. The van der Waals surface area contributed by atoms with E-state index in [1.54, 1.807) is 18.5 Å². The molecular formula is C9H10N4O2. The monoisotopic (exact) mass is 206 g/mol. The van der Waals surface area contributed by atoms with E-state index in [2.05, 4.69) is 20.6 Å². The van der Waals surface area contributed by atoms with E-state index in [4.69, 9.17) is 0 Å². The smallest absolute Gasteiger partial charge is 0.232 e. The van der Waals surface area contributed by atoms with Gasteiger partial charge in [-0.25, -0.2) is 9.97 Å². The first-order valence-corrected chi connectivity index (χ1v) is 4.60. The Bertz CT molecular complexity index is 379. The van der Waals surface area contributed by atoms with Crippen LogP contribution in [0.2, 0.25) is 0 Å². The van der Waals surface area contributed by atoms with Gasteiger partial charge >= 0.3 is 0 Å². The number of amides is 2. The van der Waals surface area contributed by atoms with E-state index < -0.39 is 0 Å². The van der Waals surface area contributed by atoms with Crippen LogP contribution in [0.3, 0.4) is 0 Å². The van der Waals surface area contributed by atoms with Gasteiger partial charge in [-0.3, -0.25) is 14.9 Å². The quantitative estimate of drug-likeness (QED) is 0.686. The van der Waals surface area contributed by atoms with Crippen LogP contribution in [-0.4, -0.2) is 28.3 Å². The average Bonchev–Trinajstić information content (AvgIpc) is 2.66. The van der Waals surface area contributed by atoms with Crippen molar-refractivity contribution >= 4 is 17.8 Å². The minimum absolute atomic E-state index is 0.0934. The molecule has 1 aliphatic heterocycles. The van der Waals surface area contributed by atoms with Gasteiger partial charge in [0.1, 0.15) is 0 Å². The van der Waals surface area contributed by atoms with Gasteiger partial charge in [0.15, 0.2) is 0 Å². The number of aromatic nitrogens is 2. The number of carbonyl (C=O) groups excluding carboxylic acids is 2. The van der Waals surface area contributed by atoms with E-state index in [1.807, 2.05) is 0 Å². The van der Waals surface area contributed by atoms with Crippen LogP contribution in [0.4, 0.5) is 5.95 Å². The van der Waals surface area contributed by atoms with Gasteiger partial charge in [0.2, 0.25) is 17.8 Å². The van der Waals surface area contributed by atoms with Crippen LogP contribution < -0.4 is 10.6 Å². The molecule has 1 aromatic rings. The lowest BCUT2D eigenvalue weighted by atomic mass is 10.1. The highest BCUT2D eigenvalue weighted by molar-refractivity contribution is 5.96. The molecule has 1 atom stereocenters. The maximum absolute atomic E-state index is 11.6. The third-order valence-electron chi connectivity index (χ3n) is 2.15. The number of nitrogens with one attached hydrogen (secondary N) is 2. The molecule has 1 aliphatic rings. The lowest BCUT2D eigenvalue weighted by molar-refractivity contribution is -0.123. The molecule has 6 nitrogen and oxygen atoms in total. The summed E-state index contributed by atoms with van der Waals surface area (Å²) >= 11 is 0. The fraction of sp³-hybridized carbons (Fsp3) is 0.333. The molecule has 2 N–H and O–H groups in total. The number of anilines is 1. The first-order valence-electron chi connectivity index (χ1n) is 4.60. The number of carbonyl (C=O) groups is 2. The normalized spacial score (nSPS) is 19.7. The Morgan fingerprint density at radius 1 is 1.47 bits per heavy atom. The molecule has 2 heterocycles. The van der Waals surface area contributed by atoms with Crippen LogP contribution in [0.5, 0.6) is 0 Å².